The molecule has 2 heterocycles. The van der Waals surface area contributed by atoms with E-state index >= 15 is 0 Å². The van der Waals surface area contributed by atoms with Gasteiger partial charge in [0.25, 0.3) is 5.91 Å². The third kappa shape index (κ3) is 1.44. The summed E-state index contributed by atoms with van der Waals surface area (Å²) in [6, 6.07) is 4.77. The van der Waals surface area contributed by atoms with Crippen molar-refractivity contribution >= 4 is 28.4 Å². The molecule has 0 bridgehead atoms. The van der Waals surface area contributed by atoms with E-state index < -0.39 is 5.82 Å². The van der Waals surface area contributed by atoms with Gasteiger partial charge in [0.2, 0.25) is 0 Å². The average Bonchev–Trinajstić information content (AvgIpc) is 2.64. The van der Waals surface area contributed by atoms with Crippen LogP contribution in [-0.2, 0) is 0 Å². The zero-order chi connectivity index (χ0) is 12.2. The molecule has 0 saturated carbocycles. The van der Waals surface area contributed by atoms with Gasteiger partial charge in [0.05, 0.1) is 10.5 Å². The van der Waals surface area contributed by atoms with Crippen LogP contribution in [0, 0.1) is 5.82 Å². The first-order valence-corrected chi connectivity index (χ1v) is 5.74. The van der Waals surface area contributed by atoms with Gasteiger partial charge < -0.3 is 9.88 Å². The van der Waals surface area contributed by atoms with Gasteiger partial charge in [-0.1, -0.05) is 11.6 Å². The molecule has 0 saturated heterocycles. The molecule has 0 aliphatic carbocycles. The second-order valence-corrected chi connectivity index (χ2v) is 4.69. The van der Waals surface area contributed by atoms with Crippen molar-refractivity contribution in [2.75, 3.05) is 6.54 Å². The van der Waals surface area contributed by atoms with Crippen molar-refractivity contribution in [1.82, 2.24) is 9.88 Å². The number of nitrogens with one attached hydrogen (secondary N) is 1. The predicted octanol–water partition coefficient (Wildman–Crippen LogP) is 2.74. The van der Waals surface area contributed by atoms with Crippen molar-refractivity contribution in [2.45, 2.75) is 13.0 Å². The van der Waals surface area contributed by atoms with E-state index in [-0.39, 0.29) is 17.0 Å². The molecule has 5 heteroatoms. The number of nitrogens with zero attached hydrogens (tertiary/aromatic N) is 1. The lowest BCUT2D eigenvalue weighted by Gasteiger charge is -2.24. The number of rotatable bonds is 0. The van der Waals surface area contributed by atoms with Gasteiger partial charge in [0.15, 0.2) is 0 Å². The van der Waals surface area contributed by atoms with Gasteiger partial charge in [-0.2, -0.15) is 0 Å². The molecular weight excluding hydrogens is 243 g/mol. The molecule has 0 spiro atoms. The Morgan fingerprint density at radius 2 is 2.24 bits per heavy atom. The molecule has 1 aliphatic rings. The van der Waals surface area contributed by atoms with Gasteiger partial charge in [-0.05, 0) is 25.1 Å². The summed E-state index contributed by atoms with van der Waals surface area (Å²) in [5.74, 6) is -0.592. The number of fused-ring (bicyclic) bond motifs is 3. The van der Waals surface area contributed by atoms with Crippen LogP contribution >= 0.6 is 11.6 Å². The predicted molar refractivity (Wildman–Crippen MR) is 64.0 cm³/mol. The minimum Gasteiger partial charge on any atom is -0.349 e. The topological polar surface area (TPSA) is 34.0 Å². The Morgan fingerprint density at radius 3 is 3.00 bits per heavy atom. The van der Waals surface area contributed by atoms with Crippen molar-refractivity contribution in [3.8, 4) is 0 Å². The van der Waals surface area contributed by atoms with Crippen LogP contribution in [0.5, 0.6) is 0 Å². The molecule has 1 aliphatic heterocycles. The highest BCUT2D eigenvalue weighted by atomic mass is 35.5. The van der Waals surface area contributed by atoms with Crippen LogP contribution in [0.25, 0.3) is 10.9 Å². The molecule has 2 aromatic rings. The lowest BCUT2D eigenvalue weighted by molar-refractivity contribution is 0.0919. The number of hydrogen-bond donors (Lipinski definition) is 1. The number of amides is 1. The van der Waals surface area contributed by atoms with Gasteiger partial charge in [0.1, 0.15) is 11.5 Å². The summed E-state index contributed by atoms with van der Waals surface area (Å²) in [6.45, 7) is 2.57. The standard InChI is InChI=1S/C12H10ClFN2O/c1-6-5-15-12(17)11-3-7-2-9(14)8(13)4-10(7)16(6)11/h2-4,6H,5H2,1H3,(H,15,17). The van der Waals surface area contributed by atoms with E-state index in [1.54, 1.807) is 12.1 Å². The smallest absolute Gasteiger partial charge is 0.268 e. The van der Waals surface area contributed by atoms with Crippen LogP contribution in [0.15, 0.2) is 18.2 Å². The highest BCUT2D eigenvalue weighted by molar-refractivity contribution is 6.31. The average molecular weight is 253 g/mol. The van der Waals surface area contributed by atoms with E-state index in [4.69, 9.17) is 11.6 Å². The Morgan fingerprint density at radius 1 is 1.47 bits per heavy atom. The molecule has 0 fully saturated rings. The molecule has 3 rings (SSSR count). The summed E-state index contributed by atoms with van der Waals surface area (Å²) in [5, 5.41) is 3.57. The molecule has 88 valence electrons. The molecule has 1 atom stereocenters. The number of hydrogen-bond acceptors (Lipinski definition) is 1. The lowest BCUT2D eigenvalue weighted by Crippen LogP contribution is -2.37. The number of carbonyl (C=O) groups is 1. The summed E-state index contributed by atoms with van der Waals surface area (Å²) in [6.07, 6.45) is 0. The molecule has 1 aromatic carbocycles. The van der Waals surface area contributed by atoms with Gasteiger partial charge in [-0.15, -0.1) is 0 Å². The van der Waals surface area contributed by atoms with Gasteiger partial charge in [-0.3, -0.25) is 4.79 Å². The maximum Gasteiger partial charge on any atom is 0.268 e. The maximum atomic E-state index is 13.4. The molecule has 0 radical (unpaired) electrons. The van der Waals surface area contributed by atoms with Crippen LogP contribution in [0.4, 0.5) is 4.39 Å². The van der Waals surface area contributed by atoms with E-state index in [1.807, 2.05) is 11.5 Å². The highest BCUT2D eigenvalue weighted by Crippen LogP contribution is 2.30. The first-order valence-electron chi connectivity index (χ1n) is 5.36. The largest absolute Gasteiger partial charge is 0.349 e. The fourth-order valence-corrected chi connectivity index (χ4v) is 2.45. The molecule has 17 heavy (non-hydrogen) atoms. The van der Waals surface area contributed by atoms with Crippen molar-refractivity contribution in [3.63, 3.8) is 0 Å². The molecular formula is C12H10ClFN2O. The van der Waals surface area contributed by atoms with E-state index in [0.29, 0.717) is 17.6 Å². The van der Waals surface area contributed by atoms with E-state index in [2.05, 4.69) is 5.32 Å². The quantitative estimate of drug-likeness (QED) is 0.769. The third-order valence-corrected chi connectivity index (χ3v) is 3.40. The van der Waals surface area contributed by atoms with Crippen molar-refractivity contribution in [2.24, 2.45) is 0 Å². The Balaban J connectivity index is 2.38. The summed E-state index contributed by atoms with van der Waals surface area (Å²) >= 11 is 5.78. The Kier molecular flexibility index (Phi) is 2.16. The number of benzene rings is 1. The Hall–Kier alpha value is -1.55. The SMILES string of the molecule is CC1CNC(=O)c2cc3cc(F)c(Cl)cc3n21. The first-order chi connectivity index (χ1) is 8.08. The second-order valence-electron chi connectivity index (χ2n) is 4.28. The van der Waals surface area contributed by atoms with Crippen molar-refractivity contribution < 1.29 is 9.18 Å². The lowest BCUT2D eigenvalue weighted by atomic mass is 10.2. The molecule has 1 unspecified atom stereocenters. The minimum atomic E-state index is -0.463. The zero-order valence-corrected chi connectivity index (χ0v) is 9.88. The van der Waals surface area contributed by atoms with Gasteiger partial charge >= 0.3 is 0 Å². The highest BCUT2D eigenvalue weighted by Gasteiger charge is 2.24. The zero-order valence-electron chi connectivity index (χ0n) is 9.13. The Labute approximate surface area is 102 Å². The Bertz CT molecular complexity index is 635. The third-order valence-electron chi connectivity index (χ3n) is 3.11. The van der Waals surface area contributed by atoms with Crippen LogP contribution in [0.3, 0.4) is 0 Å². The molecule has 3 nitrogen and oxygen atoms in total. The van der Waals surface area contributed by atoms with Gasteiger partial charge in [0, 0.05) is 18.0 Å². The number of halogens is 2. The van der Waals surface area contributed by atoms with E-state index in [1.165, 1.54) is 6.07 Å². The van der Waals surface area contributed by atoms with Crippen LogP contribution < -0.4 is 5.32 Å². The van der Waals surface area contributed by atoms with E-state index in [9.17, 15) is 9.18 Å². The molecule has 1 amide bonds. The summed E-state index contributed by atoms with van der Waals surface area (Å²) < 4.78 is 15.3. The molecule has 1 aromatic heterocycles. The van der Waals surface area contributed by atoms with Crippen LogP contribution in [0.2, 0.25) is 5.02 Å². The van der Waals surface area contributed by atoms with Crippen LogP contribution in [-0.4, -0.2) is 17.0 Å². The van der Waals surface area contributed by atoms with Gasteiger partial charge in [-0.25, -0.2) is 4.39 Å². The number of aromatic nitrogens is 1. The normalized spacial score (nSPS) is 19.2. The fourth-order valence-electron chi connectivity index (χ4n) is 2.29. The summed E-state index contributed by atoms with van der Waals surface area (Å²) in [4.78, 5) is 11.7. The first kappa shape index (κ1) is 10.6. The summed E-state index contributed by atoms with van der Waals surface area (Å²) in [7, 11) is 0. The second kappa shape index (κ2) is 3.47. The maximum absolute atomic E-state index is 13.4. The van der Waals surface area contributed by atoms with Crippen LogP contribution in [0.1, 0.15) is 23.5 Å². The number of carbonyl (C=O) groups excluding carboxylic acids is 1. The van der Waals surface area contributed by atoms with E-state index in [0.717, 1.165) is 5.52 Å². The van der Waals surface area contributed by atoms with Crippen molar-refractivity contribution in [1.29, 1.82) is 0 Å². The summed E-state index contributed by atoms with van der Waals surface area (Å²) in [5.41, 5.74) is 1.36. The monoisotopic (exact) mass is 252 g/mol. The van der Waals surface area contributed by atoms with Crippen molar-refractivity contribution in [3.05, 3.63) is 34.7 Å². The minimum absolute atomic E-state index is 0.0802. The fraction of sp³-hybridized carbons (Fsp3) is 0.250. The molecule has 1 N–H and O–H groups in total.